The van der Waals surface area contributed by atoms with Gasteiger partial charge in [0.1, 0.15) is 5.76 Å². The van der Waals surface area contributed by atoms with Crippen molar-refractivity contribution in [1.29, 1.82) is 0 Å². The van der Waals surface area contributed by atoms with Gasteiger partial charge in [-0.15, -0.1) is 0 Å². The number of likely N-dealkylation sites (tertiary alicyclic amines) is 1. The van der Waals surface area contributed by atoms with Gasteiger partial charge in [-0.25, -0.2) is 0 Å². The molecule has 0 unspecified atom stereocenters. The van der Waals surface area contributed by atoms with Crippen LogP contribution < -0.4 is 0 Å². The van der Waals surface area contributed by atoms with Crippen LogP contribution in [0.2, 0.25) is 0 Å². The van der Waals surface area contributed by atoms with Crippen LogP contribution in [-0.2, 0) is 11.3 Å². The maximum atomic E-state index is 11.6. The quantitative estimate of drug-likeness (QED) is 0.841. The summed E-state index contributed by atoms with van der Waals surface area (Å²) < 4.78 is 5.30. The summed E-state index contributed by atoms with van der Waals surface area (Å²) in [5.74, 6) is 1.79. The van der Waals surface area contributed by atoms with E-state index in [0.29, 0.717) is 12.0 Å². The van der Waals surface area contributed by atoms with Crippen LogP contribution in [-0.4, -0.2) is 71.1 Å². The number of amides is 1. The van der Waals surface area contributed by atoms with Crippen molar-refractivity contribution in [2.75, 3.05) is 39.3 Å². The topological polar surface area (TPSA) is 52.8 Å². The third-order valence-corrected chi connectivity index (χ3v) is 5.66. The molecule has 3 rings (SSSR count). The van der Waals surface area contributed by atoms with E-state index >= 15 is 0 Å². The maximum absolute atomic E-state index is 11.6. The second-order valence-electron chi connectivity index (χ2n) is 7.44. The first kappa shape index (κ1) is 17.4. The second kappa shape index (κ2) is 7.23. The Bertz CT molecular complexity index is 566. The van der Waals surface area contributed by atoms with Crippen molar-refractivity contribution < 1.29 is 9.32 Å². The van der Waals surface area contributed by atoms with Crippen LogP contribution in [0.1, 0.15) is 37.3 Å². The Morgan fingerprint density at radius 1 is 1.21 bits per heavy atom. The fourth-order valence-electron chi connectivity index (χ4n) is 4.19. The first-order chi connectivity index (χ1) is 11.5. The molecule has 0 radical (unpaired) electrons. The Kier molecular flexibility index (Phi) is 5.25. The highest BCUT2D eigenvalue weighted by molar-refractivity contribution is 5.73. The molecule has 2 atom stereocenters. The number of rotatable bonds is 3. The number of aryl methyl sites for hydroxylation is 2. The average Bonchev–Trinajstić information content (AvgIpc) is 2.94. The summed E-state index contributed by atoms with van der Waals surface area (Å²) in [5, 5.41) is 4.07. The third kappa shape index (κ3) is 3.64. The molecule has 0 saturated carbocycles. The lowest BCUT2D eigenvalue weighted by molar-refractivity contribution is -0.128. The van der Waals surface area contributed by atoms with Crippen LogP contribution in [0.4, 0.5) is 0 Å². The molecule has 6 nitrogen and oxygen atoms in total. The Morgan fingerprint density at radius 3 is 2.67 bits per heavy atom. The molecule has 1 aromatic heterocycles. The Labute approximate surface area is 144 Å². The van der Waals surface area contributed by atoms with E-state index in [-0.39, 0.29) is 5.91 Å². The van der Waals surface area contributed by atoms with Crippen molar-refractivity contribution in [3.63, 3.8) is 0 Å². The molecule has 0 aliphatic carbocycles. The summed E-state index contributed by atoms with van der Waals surface area (Å²) in [4.78, 5) is 18.7. The summed E-state index contributed by atoms with van der Waals surface area (Å²) in [6, 6.07) is 0.581. The van der Waals surface area contributed by atoms with Crippen LogP contribution in [0, 0.1) is 19.8 Å². The van der Waals surface area contributed by atoms with E-state index in [0.717, 1.165) is 63.7 Å². The molecule has 0 aromatic carbocycles. The molecule has 0 N–H and O–H groups in total. The molecule has 1 aromatic rings. The van der Waals surface area contributed by atoms with Gasteiger partial charge in [0, 0.05) is 64.3 Å². The van der Waals surface area contributed by atoms with Gasteiger partial charge >= 0.3 is 0 Å². The molecule has 134 valence electrons. The average molecular weight is 334 g/mol. The molecule has 24 heavy (non-hydrogen) atoms. The van der Waals surface area contributed by atoms with Crippen LogP contribution in [0.15, 0.2) is 4.52 Å². The molecule has 1 amide bonds. The van der Waals surface area contributed by atoms with Crippen molar-refractivity contribution in [2.45, 2.75) is 46.7 Å². The lowest BCUT2D eigenvalue weighted by atomic mass is 10.0. The molecule has 2 aliphatic heterocycles. The van der Waals surface area contributed by atoms with Gasteiger partial charge in [0.05, 0.1) is 5.69 Å². The summed E-state index contributed by atoms with van der Waals surface area (Å²) in [6.45, 7) is 15.0. The van der Waals surface area contributed by atoms with E-state index in [1.54, 1.807) is 6.92 Å². The minimum atomic E-state index is 0.205. The van der Waals surface area contributed by atoms with Crippen LogP contribution in [0.5, 0.6) is 0 Å². The molecule has 2 fully saturated rings. The van der Waals surface area contributed by atoms with E-state index in [4.69, 9.17) is 4.52 Å². The zero-order valence-corrected chi connectivity index (χ0v) is 15.4. The third-order valence-electron chi connectivity index (χ3n) is 5.66. The van der Waals surface area contributed by atoms with Gasteiger partial charge in [-0.05, 0) is 26.2 Å². The molecule has 0 spiro atoms. The lowest BCUT2D eigenvalue weighted by Gasteiger charge is -2.30. The SMILES string of the molecule is CC(=O)N1CCCN([C@@H]2CN(Cc3c(C)noc3C)C[C@@H]2C)CC1. The van der Waals surface area contributed by atoms with Crippen molar-refractivity contribution in [1.82, 2.24) is 19.9 Å². The first-order valence-corrected chi connectivity index (χ1v) is 9.09. The number of hydrogen-bond acceptors (Lipinski definition) is 5. The van der Waals surface area contributed by atoms with Crippen molar-refractivity contribution in [2.24, 2.45) is 5.92 Å². The summed E-state index contributed by atoms with van der Waals surface area (Å²) in [5.41, 5.74) is 2.25. The number of aromatic nitrogens is 1. The Balaban J connectivity index is 1.60. The molecule has 0 bridgehead atoms. The zero-order valence-electron chi connectivity index (χ0n) is 15.4. The maximum Gasteiger partial charge on any atom is 0.219 e. The normalized spacial score (nSPS) is 26.8. The Morgan fingerprint density at radius 2 is 2.00 bits per heavy atom. The monoisotopic (exact) mass is 334 g/mol. The van der Waals surface area contributed by atoms with Gasteiger partial charge in [0.15, 0.2) is 0 Å². The molecule has 2 saturated heterocycles. The highest BCUT2D eigenvalue weighted by Crippen LogP contribution is 2.26. The largest absolute Gasteiger partial charge is 0.361 e. The lowest BCUT2D eigenvalue weighted by Crippen LogP contribution is -2.42. The van der Waals surface area contributed by atoms with Gasteiger partial charge in [-0.3, -0.25) is 14.6 Å². The van der Waals surface area contributed by atoms with Gasteiger partial charge in [0.25, 0.3) is 0 Å². The first-order valence-electron chi connectivity index (χ1n) is 9.09. The molecule has 3 heterocycles. The number of carbonyl (C=O) groups is 1. The smallest absolute Gasteiger partial charge is 0.219 e. The highest BCUT2D eigenvalue weighted by Gasteiger charge is 2.35. The minimum absolute atomic E-state index is 0.205. The van der Waals surface area contributed by atoms with Crippen molar-refractivity contribution in [3.8, 4) is 0 Å². The highest BCUT2D eigenvalue weighted by atomic mass is 16.5. The fourth-order valence-corrected chi connectivity index (χ4v) is 4.19. The van der Waals surface area contributed by atoms with E-state index < -0.39 is 0 Å². The molecule has 6 heteroatoms. The summed E-state index contributed by atoms with van der Waals surface area (Å²) in [6.07, 6.45) is 1.08. The zero-order chi connectivity index (χ0) is 17.3. The molecule has 2 aliphatic rings. The molecular formula is C18H30N4O2. The standard InChI is InChI=1S/C18H30N4O2/c1-13-10-20(11-17-14(2)19-24-15(17)3)12-18(13)22-7-5-6-21(8-9-22)16(4)23/h13,18H,5-12H2,1-4H3/t13-,18+/m0/s1. The van der Waals surface area contributed by atoms with Gasteiger partial charge in [0.2, 0.25) is 5.91 Å². The predicted octanol–water partition coefficient (Wildman–Crippen LogP) is 1.67. The summed E-state index contributed by atoms with van der Waals surface area (Å²) in [7, 11) is 0. The number of carbonyl (C=O) groups excluding carboxylic acids is 1. The second-order valence-corrected chi connectivity index (χ2v) is 7.44. The van der Waals surface area contributed by atoms with Gasteiger partial charge in [-0.1, -0.05) is 12.1 Å². The van der Waals surface area contributed by atoms with Crippen molar-refractivity contribution in [3.05, 3.63) is 17.0 Å². The van der Waals surface area contributed by atoms with Crippen LogP contribution in [0.3, 0.4) is 0 Å². The number of hydrogen-bond donors (Lipinski definition) is 0. The Hall–Kier alpha value is -1.40. The molecular weight excluding hydrogens is 304 g/mol. The van der Waals surface area contributed by atoms with E-state index in [1.165, 1.54) is 5.56 Å². The van der Waals surface area contributed by atoms with Gasteiger partial charge in [-0.2, -0.15) is 0 Å². The number of nitrogens with zero attached hydrogens (tertiary/aromatic N) is 4. The fraction of sp³-hybridized carbons (Fsp3) is 0.778. The van der Waals surface area contributed by atoms with Gasteiger partial charge < -0.3 is 9.42 Å². The van der Waals surface area contributed by atoms with E-state index in [1.807, 2.05) is 18.7 Å². The van der Waals surface area contributed by atoms with Crippen LogP contribution >= 0.6 is 0 Å². The van der Waals surface area contributed by atoms with E-state index in [2.05, 4.69) is 21.9 Å². The minimum Gasteiger partial charge on any atom is -0.361 e. The summed E-state index contributed by atoms with van der Waals surface area (Å²) >= 11 is 0. The van der Waals surface area contributed by atoms with Crippen molar-refractivity contribution >= 4 is 5.91 Å². The predicted molar refractivity (Wildman–Crippen MR) is 92.7 cm³/mol. The van der Waals surface area contributed by atoms with E-state index in [9.17, 15) is 4.79 Å². The van der Waals surface area contributed by atoms with Crippen LogP contribution in [0.25, 0.3) is 0 Å².